The molecule has 1 aromatic rings. The summed E-state index contributed by atoms with van der Waals surface area (Å²) in [4.78, 5) is 0. The lowest BCUT2D eigenvalue weighted by Gasteiger charge is -2.29. The molecule has 110 valence electrons. The molecule has 0 amide bonds. The Bertz CT molecular complexity index is 460. The van der Waals surface area contributed by atoms with Crippen molar-refractivity contribution >= 4 is 0 Å². The molecule has 0 radical (unpaired) electrons. The van der Waals surface area contributed by atoms with Crippen molar-refractivity contribution in [1.82, 2.24) is 5.32 Å². The maximum atomic E-state index is 5.48. The first-order chi connectivity index (χ1) is 9.80. The lowest BCUT2D eigenvalue weighted by Crippen LogP contribution is -2.33. The van der Waals surface area contributed by atoms with Gasteiger partial charge in [0.05, 0.1) is 13.2 Å². The number of rotatable bonds is 4. The number of aryl methyl sites for hydroxylation is 1. The Balaban J connectivity index is 1.72. The van der Waals surface area contributed by atoms with E-state index in [0.717, 1.165) is 12.2 Å². The highest BCUT2D eigenvalue weighted by molar-refractivity contribution is 5.39. The molecule has 0 saturated heterocycles. The Morgan fingerprint density at radius 3 is 2.80 bits per heavy atom. The zero-order valence-electron chi connectivity index (χ0n) is 12.5. The van der Waals surface area contributed by atoms with Crippen LogP contribution in [0.25, 0.3) is 0 Å². The van der Waals surface area contributed by atoms with Gasteiger partial charge in [0.15, 0.2) is 0 Å². The quantitative estimate of drug-likeness (QED) is 0.915. The predicted molar refractivity (Wildman–Crippen MR) is 80.2 cm³/mol. The third-order valence-corrected chi connectivity index (χ3v) is 4.82. The second kappa shape index (κ2) is 6.15. The summed E-state index contributed by atoms with van der Waals surface area (Å²) in [5.74, 6) is 0.971. The number of hydrogen-bond acceptors (Lipinski definition) is 3. The van der Waals surface area contributed by atoms with Crippen molar-refractivity contribution in [1.29, 1.82) is 0 Å². The fraction of sp³-hybridized carbons (Fsp3) is 0.647. The van der Waals surface area contributed by atoms with Crippen LogP contribution in [0.1, 0.15) is 49.3 Å². The SMILES string of the molecule is COc1ccc2c(c1)C(NC1CCC(OC)C1)CCC2. The molecule has 1 N–H and O–H groups in total. The van der Waals surface area contributed by atoms with Crippen molar-refractivity contribution in [3.63, 3.8) is 0 Å². The van der Waals surface area contributed by atoms with E-state index in [2.05, 4.69) is 23.5 Å². The van der Waals surface area contributed by atoms with Crippen molar-refractivity contribution < 1.29 is 9.47 Å². The predicted octanol–water partition coefficient (Wildman–Crippen LogP) is 3.23. The lowest BCUT2D eigenvalue weighted by atomic mass is 9.87. The van der Waals surface area contributed by atoms with Crippen LogP contribution in [0.4, 0.5) is 0 Å². The minimum atomic E-state index is 0.445. The van der Waals surface area contributed by atoms with E-state index >= 15 is 0 Å². The zero-order chi connectivity index (χ0) is 13.9. The summed E-state index contributed by atoms with van der Waals surface area (Å²) < 4.78 is 10.9. The van der Waals surface area contributed by atoms with Gasteiger partial charge in [-0.2, -0.15) is 0 Å². The third kappa shape index (κ3) is 2.84. The molecule has 0 aromatic heterocycles. The molecule has 1 saturated carbocycles. The van der Waals surface area contributed by atoms with Crippen LogP contribution in [0.2, 0.25) is 0 Å². The maximum absolute atomic E-state index is 5.48. The van der Waals surface area contributed by atoms with Crippen LogP contribution in [0.15, 0.2) is 18.2 Å². The number of methoxy groups -OCH3 is 2. The Hall–Kier alpha value is -1.06. The standard InChI is InChI=1S/C17H25NO2/c1-19-14-9-7-13(10-14)18-17-5-3-4-12-6-8-15(20-2)11-16(12)17/h6,8,11,13-14,17-18H,3-5,7,9-10H2,1-2H3. The van der Waals surface area contributed by atoms with Crippen LogP contribution in [0.5, 0.6) is 5.75 Å². The van der Waals surface area contributed by atoms with E-state index in [1.807, 2.05) is 7.11 Å². The van der Waals surface area contributed by atoms with Crippen LogP contribution in [0, 0.1) is 0 Å². The molecule has 3 unspecified atom stereocenters. The summed E-state index contributed by atoms with van der Waals surface area (Å²) in [6.07, 6.45) is 7.71. The number of ether oxygens (including phenoxy) is 2. The molecule has 0 spiro atoms. The van der Waals surface area contributed by atoms with Gasteiger partial charge in [-0.05, 0) is 61.8 Å². The maximum Gasteiger partial charge on any atom is 0.119 e. The van der Waals surface area contributed by atoms with Gasteiger partial charge in [0.1, 0.15) is 5.75 Å². The van der Waals surface area contributed by atoms with E-state index in [1.54, 1.807) is 7.11 Å². The summed E-state index contributed by atoms with van der Waals surface area (Å²) in [6.45, 7) is 0. The summed E-state index contributed by atoms with van der Waals surface area (Å²) in [5, 5.41) is 3.85. The van der Waals surface area contributed by atoms with E-state index in [4.69, 9.17) is 9.47 Å². The molecule has 3 nitrogen and oxygen atoms in total. The molecular formula is C17H25NO2. The Morgan fingerprint density at radius 1 is 1.15 bits per heavy atom. The van der Waals surface area contributed by atoms with Gasteiger partial charge >= 0.3 is 0 Å². The zero-order valence-corrected chi connectivity index (χ0v) is 12.5. The Labute approximate surface area is 121 Å². The largest absolute Gasteiger partial charge is 0.497 e. The van der Waals surface area contributed by atoms with E-state index in [1.165, 1.54) is 43.2 Å². The monoisotopic (exact) mass is 275 g/mol. The van der Waals surface area contributed by atoms with Crippen LogP contribution < -0.4 is 10.1 Å². The molecule has 3 heteroatoms. The summed E-state index contributed by atoms with van der Waals surface area (Å²) in [7, 11) is 3.57. The molecule has 0 aliphatic heterocycles. The van der Waals surface area contributed by atoms with Crippen molar-refractivity contribution in [2.75, 3.05) is 14.2 Å². The molecule has 0 heterocycles. The van der Waals surface area contributed by atoms with Crippen LogP contribution in [-0.4, -0.2) is 26.4 Å². The molecule has 1 aromatic carbocycles. The highest BCUT2D eigenvalue weighted by atomic mass is 16.5. The minimum Gasteiger partial charge on any atom is -0.497 e. The first-order valence-corrected chi connectivity index (χ1v) is 7.76. The molecule has 2 aliphatic carbocycles. The highest BCUT2D eigenvalue weighted by Crippen LogP contribution is 2.34. The topological polar surface area (TPSA) is 30.5 Å². The number of hydrogen-bond donors (Lipinski definition) is 1. The number of nitrogens with one attached hydrogen (secondary N) is 1. The van der Waals surface area contributed by atoms with Gasteiger partial charge in [-0.25, -0.2) is 0 Å². The molecule has 20 heavy (non-hydrogen) atoms. The van der Waals surface area contributed by atoms with Gasteiger partial charge in [0, 0.05) is 19.2 Å². The lowest BCUT2D eigenvalue weighted by molar-refractivity contribution is 0.106. The van der Waals surface area contributed by atoms with Crippen LogP contribution in [0.3, 0.4) is 0 Å². The first-order valence-electron chi connectivity index (χ1n) is 7.76. The molecule has 3 atom stereocenters. The Morgan fingerprint density at radius 2 is 2.05 bits per heavy atom. The van der Waals surface area contributed by atoms with Crippen molar-refractivity contribution in [3.05, 3.63) is 29.3 Å². The van der Waals surface area contributed by atoms with E-state index in [0.29, 0.717) is 18.2 Å². The van der Waals surface area contributed by atoms with E-state index in [-0.39, 0.29) is 0 Å². The Kier molecular flexibility index (Phi) is 4.27. The molecule has 3 rings (SSSR count). The van der Waals surface area contributed by atoms with Crippen molar-refractivity contribution in [2.24, 2.45) is 0 Å². The smallest absolute Gasteiger partial charge is 0.119 e. The molecule has 0 bridgehead atoms. The number of benzene rings is 1. The minimum absolute atomic E-state index is 0.445. The summed E-state index contributed by atoms with van der Waals surface area (Å²) in [6, 6.07) is 7.61. The fourth-order valence-electron chi connectivity index (χ4n) is 3.67. The van der Waals surface area contributed by atoms with Gasteiger partial charge < -0.3 is 14.8 Å². The van der Waals surface area contributed by atoms with Crippen LogP contribution in [-0.2, 0) is 11.2 Å². The normalized spacial score (nSPS) is 29.2. The van der Waals surface area contributed by atoms with E-state index in [9.17, 15) is 0 Å². The summed E-state index contributed by atoms with van der Waals surface area (Å²) >= 11 is 0. The van der Waals surface area contributed by atoms with Crippen molar-refractivity contribution in [2.45, 2.75) is 56.7 Å². The van der Waals surface area contributed by atoms with Crippen LogP contribution >= 0.6 is 0 Å². The average molecular weight is 275 g/mol. The highest BCUT2D eigenvalue weighted by Gasteiger charge is 2.28. The summed E-state index contributed by atoms with van der Waals surface area (Å²) in [5.41, 5.74) is 2.92. The van der Waals surface area contributed by atoms with Gasteiger partial charge in [-0.15, -0.1) is 0 Å². The molecular weight excluding hydrogens is 250 g/mol. The van der Waals surface area contributed by atoms with Gasteiger partial charge in [0.25, 0.3) is 0 Å². The van der Waals surface area contributed by atoms with Crippen molar-refractivity contribution in [3.8, 4) is 5.75 Å². The van der Waals surface area contributed by atoms with Gasteiger partial charge in [-0.3, -0.25) is 0 Å². The second-order valence-corrected chi connectivity index (χ2v) is 6.04. The van der Waals surface area contributed by atoms with Gasteiger partial charge in [0.2, 0.25) is 0 Å². The molecule has 1 fully saturated rings. The third-order valence-electron chi connectivity index (χ3n) is 4.82. The average Bonchev–Trinajstić information content (AvgIpc) is 2.95. The second-order valence-electron chi connectivity index (χ2n) is 6.04. The first kappa shape index (κ1) is 13.9. The fourth-order valence-corrected chi connectivity index (χ4v) is 3.67. The van der Waals surface area contributed by atoms with E-state index < -0.39 is 0 Å². The number of fused-ring (bicyclic) bond motifs is 1. The molecule has 2 aliphatic rings. The van der Waals surface area contributed by atoms with Gasteiger partial charge in [-0.1, -0.05) is 6.07 Å².